The van der Waals surface area contributed by atoms with Crippen LogP contribution in [0.5, 0.6) is 0 Å². The molecule has 0 N–H and O–H groups in total. The zero-order chi connectivity index (χ0) is 14.0. The highest BCUT2D eigenvalue weighted by Crippen LogP contribution is 2.44. The second-order valence-electron chi connectivity index (χ2n) is 3.86. The molecular formula is C13H8Cl3NO2. The first-order valence-electron chi connectivity index (χ1n) is 5.30. The van der Waals surface area contributed by atoms with Crippen molar-refractivity contribution in [3.63, 3.8) is 0 Å². The average molecular weight is 317 g/mol. The molecule has 0 atom stereocenters. The van der Waals surface area contributed by atoms with E-state index in [0.717, 1.165) is 0 Å². The Balaban J connectivity index is 2.57. The van der Waals surface area contributed by atoms with Gasteiger partial charge >= 0.3 is 0 Å². The number of halogens is 3. The van der Waals surface area contributed by atoms with E-state index in [-0.39, 0.29) is 16.3 Å². The highest BCUT2D eigenvalue weighted by molar-refractivity contribution is 6.51. The number of non-ortho nitro benzene ring substituents is 1. The van der Waals surface area contributed by atoms with Gasteiger partial charge in [-0.3, -0.25) is 10.1 Å². The Morgan fingerprint density at radius 3 is 2.26 bits per heavy atom. The summed E-state index contributed by atoms with van der Waals surface area (Å²) in [7, 11) is 0. The first kappa shape index (κ1) is 14.1. The van der Waals surface area contributed by atoms with E-state index < -0.39 is 9.26 Å². The van der Waals surface area contributed by atoms with Crippen molar-refractivity contribution in [2.75, 3.05) is 0 Å². The molecule has 0 aromatic heterocycles. The number of hydrogen-bond donors (Lipinski definition) is 0. The van der Waals surface area contributed by atoms with E-state index >= 15 is 0 Å². The van der Waals surface area contributed by atoms with Gasteiger partial charge in [0.2, 0.25) is 0 Å². The van der Waals surface area contributed by atoms with E-state index in [2.05, 4.69) is 0 Å². The fourth-order valence-electron chi connectivity index (χ4n) is 1.67. The van der Waals surface area contributed by atoms with Crippen LogP contribution < -0.4 is 0 Å². The van der Waals surface area contributed by atoms with Crippen LogP contribution in [0.15, 0.2) is 48.5 Å². The molecule has 2 aromatic carbocycles. The second kappa shape index (κ2) is 5.37. The van der Waals surface area contributed by atoms with Gasteiger partial charge in [0.25, 0.3) is 5.69 Å². The van der Waals surface area contributed by atoms with Crippen LogP contribution in [0, 0.1) is 10.1 Å². The maximum absolute atomic E-state index is 10.8. The zero-order valence-electron chi connectivity index (χ0n) is 9.52. The quantitative estimate of drug-likeness (QED) is 0.458. The van der Waals surface area contributed by atoms with Crippen molar-refractivity contribution in [1.82, 2.24) is 0 Å². The van der Waals surface area contributed by atoms with Gasteiger partial charge in [-0.2, -0.15) is 0 Å². The molecule has 0 saturated heterocycles. The number of nitro groups is 1. The lowest BCUT2D eigenvalue weighted by molar-refractivity contribution is -0.384. The summed E-state index contributed by atoms with van der Waals surface area (Å²) < 4.78 is -1.44. The first-order chi connectivity index (χ1) is 8.93. The average Bonchev–Trinajstić information content (AvgIpc) is 2.39. The van der Waals surface area contributed by atoms with Crippen LogP contribution in [0.3, 0.4) is 0 Å². The van der Waals surface area contributed by atoms with Crippen LogP contribution in [-0.4, -0.2) is 4.92 Å². The van der Waals surface area contributed by atoms with Crippen LogP contribution in [0.4, 0.5) is 5.69 Å². The van der Waals surface area contributed by atoms with Gasteiger partial charge in [0.05, 0.1) is 4.92 Å². The molecule has 0 spiro atoms. The van der Waals surface area contributed by atoms with Crippen molar-refractivity contribution >= 4 is 40.5 Å². The fourth-order valence-corrected chi connectivity index (χ4v) is 2.59. The summed E-state index contributed by atoms with van der Waals surface area (Å²) in [6.45, 7) is 0. The summed E-state index contributed by atoms with van der Waals surface area (Å²) >= 11 is 18.7. The van der Waals surface area contributed by atoms with Gasteiger partial charge in [-0.15, -0.1) is 0 Å². The van der Waals surface area contributed by atoms with E-state index in [9.17, 15) is 10.1 Å². The van der Waals surface area contributed by atoms with E-state index in [4.69, 9.17) is 34.8 Å². The molecule has 0 aliphatic rings. The van der Waals surface area contributed by atoms with Gasteiger partial charge in [-0.1, -0.05) is 65.1 Å². The number of nitrogens with zero attached hydrogens (tertiary/aromatic N) is 1. The van der Waals surface area contributed by atoms with Crippen LogP contribution >= 0.6 is 34.8 Å². The maximum atomic E-state index is 10.8. The van der Waals surface area contributed by atoms with Crippen molar-refractivity contribution in [1.29, 1.82) is 0 Å². The minimum Gasteiger partial charge on any atom is -0.258 e. The molecule has 0 saturated carbocycles. The van der Waals surface area contributed by atoms with Gasteiger partial charge in [-0.05, 0) is 11.6 Å². The third-order valence-corrected chi connectivity index (χ3v) is 3.81. The van der Waals surface area contributed by atoms with Crippen molar-refractivity contribution < 1.29 is 4.92 Å². The Morgan fingerprint density at radius 1 is 1.05 bits per heavy atom. The lowest BCUT2D eigenvalue weighted by Crippen LogP contribution is -2.13. The molecule has 0 aliphatic heterocycles. The lowest BCUT2D eigenvalue weighted by atomic mass is 10.0. The molecule has 2 aromatic rings. The topological polar surface area (TPSA) is 43.1 Å². The maximum Gasteiger partial charge on any atom is 0.269 e. The Bertz CT molecular complexity index is 615. The SMILES string of the molecule is O=[N+]([O-])c1ccc(Cl)c(C(Cl)(Cl)c2ccccc2)c1. The minimum atomic E-state index is -1.44. The number of nitro benzene ring substituents is 1. The Labute approximate surface area is 124 Å². The molecule has 6 heteroatoms. The van der Waals surface area contributed by atoms with Crippen LogP contribution in [-0.2, 0) is 4.33 Å². The summed E-state index contributed by atoms with van der Waals surface area (Å²) in [5.74, 6) is 0. The Morgan fingerprint density at radius 2 is 1.68 bits per heavy atom. The molecule has 0 radical (unpaired) electrons. The lowest BCUT2D eigenvalue weighted by Gasteiger charge is -2.21. The molecule has 0 fully saturated rings. The van der Waals surface area contributed by atoms with Gasteiger partial charge in [0.1, 0.15) is 0 Å². The molecule has 0 aliphatic carbocycles. The van der Waals surface area contributed by atoms with E-state index in [1.807, 2.05) is 6.07 Å². The van der Waals surface area contributed by atoms with Crippen molar-refractivity contribution in [3.8, 4) is 0 Å². The smallest absolute Gasteiger partial charge is 0.258 e. The summed E-state index contributed by atoms with van der Waals surface area (Å²) in [4.78, 5) is 10.3. The van der Waals surface area contributed by atoms with Gasteiger partial charge < -0.3 is 0 Å². The first-order valence-corrected chi connectivity index (χ1v) is 6.44. The molecule has 19 heavy (non-hydrogen) atoms. The number of benzene rings is 2. The van der Waals surface area contributed by atoms with Crippen molar-refractivity contribution in [2.45, 2.75) is 4.33 Å². The number of rotatable bonds is 3. The monoisotopic (exact) mass is 315 g/mol. The Kier molecular flexibility index (Phi) is 3.99. The number of alkyl halides is 2. The molecule has 2 rings (SSSR count). The van der Waals surface area contributed by atoms with Gasteiger partial charge in [-0.25, -0.2) is 0 Å². The third-order valence-electron chi connectivity index (χ3n) is 2.64. The van der Waals surface area contributed by atoms with Crippen LogP contribution in [0.2, 0.25) is 5.02 Å². The molecular weight excluding hydrogens is 309 g/mol. The highest BCUT2D eigenvalue weighted by Gasteiger charge is 2.32. The summed E-state index contributed by atoms with van der Waals surface area (Å²) in [5.41, 5.74) is 0.777. The number of hydrogen-bond acceptors (Lipinski definition) is 2. The highest BCUT2D eigenvalue weighted by atomic mass is 35.5. The van der Waals surface area contributed by atoms with Crippen LogP contribution in [0.1, 0.15) is 11.1 Å². The minimum absolute atomic E-state index is 0.110. The van der Waals surface area contributed by atoms with Gasteiger partial charge in [0, 0.05) is 22.7 Å². The molecule has 0 amide bonds. The van der Waals surface area contributed by atoms with Gasteiger partial charge in [0.15, 0.2) is 4.33 Å². The predicted octanol–water partition coefficient (Wildman–Crippen LogP) is 4.93. The van der Waals surface area contributed by atoms with Crippen LogP contribution in [0.25, 0.3) is 0 Å². The van der Waals surface area contributed by atoms with Crippen molar-refractivity contribution in [2.24, 2.45) is 0 Å². The molecule has 98 valence electrons. The predicted molar refractivity (Wildman–Crippen MR) is 77.0 cm³/mol. The normalized spacial score (nSPS) is 11.3. The standard InChI is InChI=1S/C13H8Cl3NO2/c14-12-7-6-10(17(18)19)8-11(12)13(15,16)9-4-2-1-3-5-9/h1-8H. The van der Waals surface area contributed by atoms with E-state index in [1.54, 1.807) is 24.3 Å². The second-order valence-corrected chi connectivity index (χ2v) is 5.60. The molecule has 0 unspecified atom stereocenters. The summed E-state index contributed by atoms with van der Waals surface area (Å²) in [6, 6.07) is 12.8. The molecule has 0 heterocycles. The third kappa shape index (κ3) is 2.84. The molecule has 3 nitrogen and oxygen atoms in total. The zero-order valence-corrected chi connectivity index (χ0v) is 11.8. The summed E-state index contributed by atoms with van der Waals surface area (Å²) in [6.07, 6.45) is 0. The van der Waals surface area contributed by atoms with E-state index in [1.165, 1.54) is 18.2 Å². The summed E-state index contributed by atoms with van der Waals surface area (Å²) in [5, 5.41) is 11.1. The Hall–Kier alpha value is -1.29. The molecule has 0 bridgehead atoms. The largest absolute Gasteiger partial charge is 0.269 e. The van der Waals surface area contributed by atoms with E-state index in [0.29, 0.717) is 5.56 Å². The van der Waals surface area contributed by atoms with Crippen molar-refractivity contribution in [3.05, 3.63) is 74.8 Å². The fraction of sp³-hybridized carbons (Fsp3) is 0.0769.